The van der Waals surface area contributed by atoms with Crippen molar-refractivity contribution >= 4 is 61.1 Å². The molecule has 0 amide bonds. The van der Waals surface area contributed by atoms with Gasteiger partial charge in [0.15, 0.2) is 0 Å². The van der Waals surface area contributed by atoms with Crippen molar-refractivity contribution in [3.63, 3.8) is 0 Å². The Morgan fingerprint density at radius 3 is 2.55 bits per heavy atom. The number of aliphatic imine (C=N–C) groups is 1. The van der Waals surface area contributed by atoms with Gasteiger partial charge in [-0.2, -0.15) is 0 Å². The Labute approximate surface area is 200 Å². The highest BCUT2D eigenvalue weighted by molar-refractivity contribution is 7.23. The highest BCUT2D eigenvalue weighted by atomic mass is 35.5. The first-order chi connectivity index (χ1) is 16.1. The molecule has 5 rings (SSSR count). The van der Waals surface area contributed by atoms with E-state index in [0.717, 1.165) is 43.7 Å². The standard InChI is InChI=1S/C27H21ClN2O2S/c1-2-32-27(31)25-22-8-4-6-10-24(22)33-26(25)29-15-19-17-30(23-9-5-3-7-21(19)23)16-18-11-13-20(28)14-12-18/h3-15,17H,2,16H2,1H3. The Morgan fingerprint density at radius 2 is 1.76 bits per heavy atom. The molecule has 33 heavy (non-hydrogen) atoms. The first-order valence-corrected chi connectivity index (χ1v) is 11.9. The smallest absolute Gasteiger partial charge is 0.341 e. The van der Waals surface area contributed by atoms with E-state index in [1.165, 1.54) is 11.3 Å². The lowest BCUT2D eigenvalue weighted by Gasteiger charge is -2.05. The summed E-state index contributed by atoms with van der Waals surface area (Å²) in [4.78, 5) is 17.5. The fourth-order valence-corrected chi connectivity index (χ4v) is 5.11. The SMILES string of the molecule is CCOC(=O)c1c(N=Cc2cn(Cc3ccc(Cl)cc3)c3ccccc23)sc2ccccc12. The Balaban J connectivity index is 1.55. The molecule has 0 aliphatic carbocycles. The number of aromatic nitrogens is 1. The lowest BCUT2D eigenvalue weighted by atomic mass is 10.1. The normalized spacial score (nSPS) is 11.6. The van der Waals surface area contributed by atoms with Gasteiger partial charge in [-0.25, -0.2) is 9.79 Å². The second-order valence-electron chi connectivity index (χ2n) is 7.61. The van der Waals surface area contributed by atoms with Gasteiger partial charge in [-0.1, -0.05) is 60.1 Å². The molecule has 2 heterocycles. The first kappa shape index (κ1) is 21.4. The van der Waals surface area contributed by atoms with E-state index in [1.807, 2.05) is 73.8 Å². The molecule has 5 aromatic rings. The average Bonchev–Trinajstić information content (AvgIpc) is 3.37. The van der Waals surface area contributed by atoms with Crippen molar-refractivity contribution in [2.45, 2.75) is 13.5 Å². The molecule has 6 heteroatoms. The van der Waals surface area contributed by atoms with Crippen molar-refractivity contribution in [2.75, 3.05) is 6.61 Å². The van der Waals surface area contributed by atoms with E-state index in [4.69, 9.17) is 21.3 Å². The van der Waals surface area contributed by atoms with Crippen LogP contribution in [0.4, 0.5) is 5.00 Å². The molecule has 0 saturated carbocycles. The number of nitrogens with zero attached hydrogens (tertiary/aromatic N) is 2. The molecule has 2 aromatic heterocycles. The summed E-state index contributed by atoms with van der Waals surface area (Å²) in [5.74, 6) is -0.340. The summed E-state index contributed by atoms with van der Waals surface area (Å²) in [5, 5.41) is 3.36. The number of thiophene rings is 1. The maximum atomic E-state index is 12.7. The third-order valence-corrected chi connectivity index (χ3v) is 6.79. The predicted octanol–water partition coefficient (Wildman–Crippen LogP) is 7.49. The molecular weight excluding hydrogens is 452 g/mol. The van der Waals surface area contributed by atoms with Crippen molar-refractivity contribution in [3.05, 3.63) is 101 Å². The number of para-hydroxylation sites is 1. The highest BCUT2D eigenvalue weighted by Gasteiger charge is 2.19. The Morgan fingerprint density at radius 1 is 1.03 bits per heavy atom. The summed E-state index contributed by atoms with van der Waals surface area (Å²) in [7, 11) is 0. The molecule has 0 saturated heterocycles. The number of benzene rings is 3. The van der Waals surface area contributed by atoms with Crippen LogP contribution < -0.4 is 0 Å². The van der Waals surface area contributed by atoms with E-state index < -0.39 is 0 Å². The second kappa shape index (κ2) is 9.22. The zero-order valence-electron chi connectivity index (χ0n) is 18.0. The minimum absolute atomic E-state index is 0.324. The Kier molecular flexibility index (Phi) is 5.99. The zero-order chi connectivity index (χ0) is 22.8. The van der Waals surface area contributed by atoms with Crippen molar-refractivity contribution in [2.24, 2.45) is 4.99 Å². The second-order valence-corrected chi connectivity index (χ2v) is 9.08. The predicted molar refractivity (Wildman–Crippen MR) is 138 cm³/mol. The van der Waals surface area contributed by atoms with Crippen LogP contribution in [0.3, 0.4) is 0 Å². The molecule has 164 valence electrons. The van der Waals surface area contributed by atoms with Gasteiger partial charge in [0.05, 0.1) is 6.61 Å². The largest absolute Gasteiger partial charge is 0.462 e. The Hall–Kier alpha value is -3.41. The van der Waals surface area contributed by atoms with Gasteiger partial charge in [0, 0.05) is 50.5 Å². The minimum Gasteiger partial charge on any atom is -0.462 e. The number of fused-ring (bicyclic) bond motifs is 2. The molecule has 3 aromatic carbocycles. The molecule has 0 atom stereocenters. The minimum atomic E-state index is -0.340. The average molecular weight is 473 g/mol. The van der Waals surface area contributed by atoms with Gasteiger partial charge in [-0.3, -0.25) is 0 Å². The fourth-order valence-electron chi connectivity index (χ4n) is 3.95. The molecule has 0 spiro atoms. The molecule has 0 unspecified atom stereocenters. The van der Waals surface area contributed by atoms with E-state index in [9.17, 15) is 4.79 Å². The van der Waals surface area contributed by atoms with Gasteiger partial charge < -0.3 is 9.30 Å². The third-order valence-electron chi connectivity index (χ3n) is 5.46. The molecule has 0 bridgehead atoms. The summed E-state index contributed by atoms with van der Waals surface area (Å²) in [6, 6.07) is 24.0. The summed E-state index contributed by atoms with van der Waals surface area (Å²) in [5.41, 5.74) is 3.80. The number of hydrogen-bond acceptors (Lipinski definition) is 4. The molecule has 0 radical (unpaired) electrons. The van der Waals surface area contributed by atoms with Crippen molar-refractivity contribution in [3.8, 4) is 0 Å². The van der Waals surface area contributed by atoms with Crippen LogP contribution in [-0.4, -0.2) is 23.4 Å². The van der Waals surface area contributed by atoms with Crippen LogP contribution in [0.25, 0.3) is 21.0 Å². The van der Waals surface area contributed by atoms with Gasteiger partial charge in [0.2, 0.25) is 0 Å². The van der Waals surface area contributed by atoms with E-state index >= 15 is 0 Å². The van der Waals surface area contributed by atoms with Gasteiger partial charge in [0.25, 0.3) is 0 Å². The lowest BCUT2D eigenvalue weighted by Crippen LogP contribution is -2.03. The number of rotatable bonds is 6. The van der Waals surface area contributed by atoms with Crippen molar-refractivity contribution in [1.29, 1.82) is 0 Å². The summed E-state index contributed by atoms with van der Waals surface area (Å²) in [6.07, 6.45) is 3.94. The number of carbonyl (C=O) groups is 1. The molecular formula is C27H21ClN2O2S. The third kappa shape index (κ3) is 4.30. The number of carbonyl (C=O) groups excluding carboxylic acids is 1. The summed E-state index contributed by atoms with van der Waals surface area (Å²) in [6.45, 7) is 2.86. The van der Waals surface area contributed by atoms with Crippen LogP contribution in [0, 0.1) is 0 Å². The maximum Gasteiger partial charge on any atom is 0.341 e. The highest BCUT2D eigenvalue weighted by Crippen LogP contribution is 2.38. The summed E-state index contributed by atoms with van der Waals surface area (Å²) >= 11 is 7.54. The van der Waals surface area contributed by atoms with E-state index in [-0.39, 0.29) is 5.97 Å². The maximum absolute atomic E-state index is 12.7. The van der Waals surface area contributed by atoms with E-state index in [1.54, 1.807) is 0 Å². The van der Waals surface area contributed by atoms with Crippen LogP contribution in [0.5, 0.6) is 0 Å². The van der Waals surface area contributed by atoms with Crippen LogP contribution in [0.1, 0.15) is 28.4 Å². The number of ether oxygens (including phenoxy) is 1. The number of halogens is 1. The monoisotopic (exact) mass is 472 g/mol. The number of hydrogen-bond donors (Lipinski definition) is 0. The molecule has 4 nitrogen and oxygen atoms in total. The van der Waals surface area contributed by atoms with Crippen LogP contribution >= 0.6 is 22.9 Å². The van der Waals surface area contributed by atoms with E-state index in [2.05, 4.69) is 22.9 Å². The Bertz CT molecular complexity index is 1480. The van der Waals surface area contributed by atoms with Gasteiger partial charge in [-0.05, 0) is 36.8 Å². The van der Waals surface area contributed by atoms with E-state index in [0.29, 0.717) is 17.2 Å². The molecule has 0 aliphatic rings. The molecule has 0 aliphatic heterocycles. The lowest BCUT2D eigenvalue weighted by molar-refractivity contribution is 0.0530. The topological polar surface area (TPSA) is 43.6 Å². The van der Waals surface area contributed by atoms with Crippen molar-refractivity contribution < 1.29 is 9.53 Å². The first-order valence-electron chi connectivity index (χ1n) is 10.7. The quantitative estimate of drug-likeness (QED) is 0.190. The van der Waals surface area contributed by atoms with Crippen molar-refractivity contribution in [1.82, 2.24) is 4.57 Å². The van der Waals surface area contributed by atoms with Crippen LogP contribution in [0.2, 0.25) is 5.02 Å². The van der Waals surface area contributed by atoms with Crippen LogP contribution in [-0.2, 0) is 11.3 Å². The zero-order valence-corrected chi connectivity index (χ0v) is 19.6. The van der Waals surface area contributed by atoms with Crippen LogP contribution in [0.15, 0.2) is 84.0 Å². The van der Waals surface area contributed by atoms with Gasteiger partial charge >= 0.3 is 5.97 Å². The molecule has 0 N–H and O–H groups in total. The fraction of sp³-hybridized carbons (Fsp3) is 0.111. The summed E-state index contributed by atoms with van der Waals surface area (Å²) < 4.78 is 8.53. The molecule has 0 fully saturated rings. The van der Waals surface area contributed by atoms with Gasteiger partial charge in [0.1, 0.15) is 10.6 Å². The number of esters is 1. The van der Waals surface area contributed by atoms with Gasteiger partial charge in [-0.15, -0.1) is 11.3 Å².